The van der Waals surface area contributed by atoms with Crippen LogP contribution in [0.25, 0.3) is 0 Å². The van der Waals surface area contributed by atoms with E-state index in [-0.39, 0.29) is 68.6 Å². The number of hydrogen-bond donors (Lipinski definition) is 2. The molecule has 10 nitrogen and oxygen atoms in total. The zero-order valence-corrected chi connectivity index (χ0v) is 23.9. The fourth-order valence-corrected chi connectivity index (χ4v) is 3.81. The Kier molecular flexibility index (Phi) is 12.6. The molecule has 0 unspecified atom stereocenters. The van der Waals surface area contributed by atoms with Crippen LogP contribution in [0.5, 0.6) is 5.75 Å². The molecule has 2 rings (SSSR count). The first-order valence-electron chi connectivity index (χ1n) is 8.57. The van der Waals surface area contributed by atoms with Gasteiger partial charge in [0.1, 0.15) is 24.6 Å². The molecule has 168 valence electrons. The van der Waals surface area contributed by atoms with Gasteiger partial charge in [-0.3, -0.25) is 9.11 Å². The van der Waals surface area contributed by atoms with Gasteiger partial charge in [0.05, 0.1) is 19.0 Å². The molecule has 0 bridgehead atoms. The molecular weight excluding hydrogens is 484 g/mol. The number of ether oxygens (including phenoxy) is 2. The van der Waals surface area contributed by atoms with E-state index in [2.05, 4.69) is 0 Å². The zero-order chi connectivity index (χ0) is 22.6. The molecule has 0 radical (unpaired) electrons. The standard InChI is InChI=1S/C18H21NO9S2.2Na.2H/c1-19(2,13-14-6-4-3-5-7-14)10-11-27-18(20)28-16-9-8-15(29(21,22)23)12-17(16)30(24,25)26;;;;/h3-9,12H,10-11,13H2,1-2H3,(H-,21,22,23,24,25,26);;;;/q;2*+1;2*-1/p+1. The molecular formula is C18H24NNa2O9S2+. The van der Waals surface area contributed by atoms with Crippen molar-refractivity contribution in [1.82, 2.24) is 0 Å². The van der Waals surface area contributed by atoms with Crippen LogP contribution >= 0.6 is 0 Å². The van der Waals surface area contributed by atoms with Crippen molar-refractivity contribution in [2.24, 2.45) is 0 Å². The second-order valence-corrected chi connectivity index (χ2v) is 9.87. The van der Waals surface area contributed by atoms with Gasteiger partial charge in [0, 0.05) is 5.56 Å². The second-order valence-electron chi connectivity index (χ2n) is 7.06. The van der Waals surface area contributed by atoms with Crippen LogP contribution in [-0.4, -0.2) is 63.8 Å². The van der Waals surface area contributed by atoms with Gasteiger partial charge in [0.15, 0.2) is 5.75 Å². The van der Waals surface area contributed by atoms with Crippen molar-refractivity contribution < 1.29 is 107 Å². The number of quaternary nitrogens is 1. The van der Waals surface area contributed by atoms with Gasteiger partial charge in [0.2, 0.25) is 0 Å². The summed E-state index contributed by atoms with van der Waals surface area (Å²) in [4.78, 5) is 10.1. The van der Waals surface area contributed by atoms with Crippen molar-refractivity contribution in [3.05, 3.63) is 54.1 Å². The fourth-order valence-electron chi connectivity index (χ4n) is 2.59. The Morgan fingerprint density at radius 3 is 2.09 bits per heavy atom. The maximum atomic E-state index is 11.9. The van der Waals surface area contributed by atoms with Gasteiger partial charge in [-0.25, -0.2) is 4.79 Å². The Hall–Kier alpha value is -0.510. The molecule has 0 aromatic heterocycles. The Balaban J connectivity index is -0.00000240. The monoisotopic (exact) mass is 508 g/mol. The maximum absolute atomic E-state index is 11.9. The summed E-state index contributed by atoms with van der Waals surface area (Å²) in [7, 11) is -5.81. The number of likely N-dealkylation sites (N-methyl/N-ethyl adjacent to an activating group) is 1. The van der Waals surface area contributed by atoms with Crippen molar-refractivity contribution >= 4 is 26.4 Å². The van der Waals surface area contributed by atoms with E-state index in [1.165, 1.54) is 0 Å². The Morgan fingerprint density at radius 1 is 0.969 bits per heavy atom. The van der Waals surface area contributed by atoms with Crippen LogP contribution in [0.3, 0.4) is 0 Å². The predicted octanol–water partition coefficient (Wildman–Crippen LogP) is -3.79. The summed E-state index contributed by atoms with van der Waals surface area (Å²) in [5, 5.41) is 0. The van der Waals surface area contributed by atoms with Gasteiger partial charge in [-0.15, -0.1) is 0 Å². The summed E-state index contributed by atoms with van der Waals surface area (Å²) in [6.45, 7) is 1.07. The number of benzene rings is 2. The molecule has 0 heterocycles. The van der Waals surface area contributed by atoms with E-state index >= 15 is 0 Å². The SMILES string of the molecule is C[N+](C)(CCOC(=O)Oc1ccc(S(=O)(=O)O)cc1S(=O)(=O)O)Cc1ccccc1.[H-].[H-].[Na+].[Na+]. The first kappa shape index (κ1) is 31.5. The average molecular weight is 509 g/mol. The number of rotatable bonds is 8. The van der Waals surface area contributed by atoms with Crippen LogP contribution in [0, 0.1) is 0 Å². The third-order valence-corrected chi connectivity index (χ3v) is 5.78. The first-order valence-corrected chi connectivity index (χ1v) is 11.5. The van der Waals surface area contributed by atoms with Gasteiger partial charge < -0.3 is 16.8 Å². The van der Waals surface area contributed by atoms with Gasteiger partial charge in [0.25, 0.3) is 20.2 Å². The molecule has 0 aliphatic carbocycles. The van der Waals surface area contributed by atoms with Crippen molar-refractivity contribution in [1.29, 1.82) is 0 Å². The average Bonchev–Trinajstić information content (AvgIpc) is 2.60. The van der Waals surface area contributed by atoms with Crippen LogP contribution < -0.4 is 63.9 Å². The second kappa shape index (κ2) is 12.8. The van der Waals surface area contributed by atoms with E-state index in [9.17, 15) is 26.2 Å². The van der Waals surface area contributed by atoms with E-state index in [1.807, 2.05) is 44.4 Å². The molecule has 0 atom stereocenters. The van der Waals surface area contributed by atoms with E-state index in [0.29, 0.717) is 23.6 Å². The molecule has 0 aliphatic rings. The Morgan fingerprint density at radius 2 is 1.56 bits per heavy atom. The zero-order valence-electron chi connectivity index (χ0n) is 20.3. The number of carbonyl (C=O) groups excluding carboxylic acids is 1. The quantitative estimate of drug-likeness (QED) is 0.121. The van der Waals surface area contributed by atoms with E-state index in [4.69, 9.17) is 14.0 Å². The molecule has 0 fully saturated rings. The van der Waals surface area contributed by atoms with Crippen LogP contribution in [-0.2, 0) is 31.5 Å². The van der Waals surface area contributed by atoms with Crippen molar-refractivity contribution in [2.75, 3.05) is 27.2 Å². The molecule has 2 aromatic rings. The smallest absolute Gasteiger partial charge is 1.00 e. The third-order valence-electron chi connectivity index (χ3n) is 4.05. The van der Waals surface area contributed by atoms with Gasteiger partial charge in [-0.2, -0.15) is 16.8 Å². The number of hydrogen-bond acceptors (Lipinski definition) is 7. The third kappa shape index (κ3) is 10.2. The van der Waals surface area contributed by atoms with Crippen LogP contribution in [0.2, 0.25) is 0 Å². The number of nitrogens with zero attached hydrogens (tertiary/aromatic N) is 1. The van der Waals surface area contributed by atoms with Gasteiger partial charge in [-0.1, -0.05) is 30.3 Å². The summed E-state index contributed by atoms with van der Waals surface area (Å²) >= 11 is 0. The largest absolute Gasteiger partial charge is 1.00 e. The molecule has 0 spiro atoms. The minimum absolute atomic E-state index is 0. The fraction of sp³-hybridized carbons (Fsp3) is 0.278. The van der Waals surface area contributed by atoms with E-state index in [1.54, 1.807) is 0 Å². The van der Waals surface area contributed by atoms with E-state index in [0.717, 1.165) is 17.7 Å². The molecule has 2 N–H and O–H groups in total. The van der Waals surface area contributed by atoms with Crippen LogP contribution in [0.15, 0.2) is 58.3 Å². The molecule has 0 saturated carbocycles. The summed E-state index contributed by atoms with van der Waals surface area (Å²) in [6.07, 6.45) is -1.24. The normalized spacial score (nSPS) is 11.6. The Bertz CT molecular complexity index is 1130. The Labute approximate surface area is 234 Å². The van der Waals surface area contributed by atoms with Crippen LogP contribution in [0.4, 0.5) is 4.79 Å². The van der Waals surface area contributed by atoms with Crippen LogP contribution in [0.1, 0.15) is 8.42 Å². The van der Waals surface area contributed by atoms with E-state index < -0.39 is 41.9 Å². The van der Waals surface area contributed by atoms with Crippen molar-refractivity contribution in [2.45, 2.75) is 16.3 Å². The van der Waals surface area contributed by atoms with Crippen molar-refractivity contribution in [3.8, 4) is 5.75 Å². The van der Waals surface area contributed by atoms with Gasteiger partial charge in [-0.05, 0) is 18.2 Å². The van der Waals surface area contributed by atoms with Gasteiger partial charge >= 0.3 is 65.3 Å². The molecule has 0 aliphatic heterocycles. The summed E-state index contributed by atoms with van der Waals surface area (Å²) in [6, 6.07) is 11.8. The molecule has 0 saturated heterocycles. The molecule has 2 aromatic carbocycles. The summed E-state index contributed by atoms with van der Waals surface area (Å²) < 4.78 is 73.8. The molecule has 32 heavy (non-hydrogen) atoms. The molecule has 14 heteroatoms. The summed E-state index contributed by atoms with van der Waals surface area (Å²) in [5.74, 6) is -0.645. The summed E-state index contributed by atoms with van der Waals surface area (Å²) in [5.41, 5.74) is 1.10. The maximum Gasteiger partial charge on any atom is 1.00 e. The molecule has 0 amide bonds. The van der Waals surface area contributed by atoms with Crippen molar-refractivity contribution in [3.63, 3.8) is 0 Å². The minimum Gasteiger partial charge on any atom is -1.00 e. The first-order chi connectivity index (χ1) is 13.8. The predicted molar refractivity (Wildman–Crippen MR) is 107 cm³/mol. The number of carbonyl (C=O) groups is 1. The topological polar surface area (TPSA) is 144 Å². The minimum atomic E-state index is -4.95.